The molecule has 0 amide bonds. The highest BCUT2D eigenvalue weighted by Crippen LogP contribution is 2.32. The zero-order valence-corrected chi connectivity index (χ0v) is 13.2. The van der Waals surface area contributed by atoms with Crippen molar-refractivity contribution in [1.82, 2.24) is 10.6 Å². The third-order valence-electron chi connectivity index (χ3n) is 6.12. The van der Waals surface area contributed by atoms with E-state index in [1.54, 1.807) is 0 Å². The summed E-state index contributed by atoms with van der Waals surface area (Å²) in [4.78, 5) is 0. The minimum Gasteiger partial charge on any atom is -0.314 e. The topological polar surface area (TPSA) is 24.1 Å². The molecule has 2 heteroatoms. The van der Waals surface area contributed by atoms with Gasteiger partial charge in [0.15, 0.2) is 0 Å². The first kappa shape index (κ1) is 14.8. The van der Waals surface area contributed by atoms with Gasteiger partial charge in [0.25, 0.3) is 0 Å². The van der Waals surface area contributed by atoms with Gasteiger partial charge in [-0.2, -0.15) is 0 Å². The molecule has 1 saturated heterocycles. The highest BCUT2D eigenvalue weighted by Gasteiger charge is 2.33. The largest absolute Gasteiger partial charge is 0.314 e. The second-order valence-electron chi connectivity index (χ2n) is 7.50. The maximum atomic E-state index is 3.94. The summed E-state index contributed by atoms with van der Waals surface area (Å²) in [7, 11) is 0. The van der Waals surface area contributed by atoms with Gasteiger partial charge in [0.2, 0.25) is 0 Å². The van der Waals surface area contributed by atoms with Gasteiger partial charge in [-0.15, -0.1) is 0 Å². The second-order valence-corrected chi connectivity index (χ2v) is 7.50. The third kappa shape index (κ3) is 3.98. The SMILES string of the molecule is C1CCC(CCNC2CCCC2C2CCCCN2)CC1. The van der Waals surface area contributed by atoms with E-state index >= 15 is 0 Å². The van der Waals surface area contributed by atoms with Crippen LogP contribution in [0.4, 0.5) is 0 Å². The first-order chi connectivity index (χ1) is 9.93. The standard InChI is InChI=1S/C18H34N2/c1-2-7-15(8-3-1)12-14-20-18-11-6-9-16(18)17-10-4-5-13-19-17/h15-20H,1-14H2. The van der Waals surface area contributed by atoms with E-state index in [4.69, 9.17) is 0 Å². The van der Waals surface area contributed by atoms with Crippen LogP contribution >= 0.6 is 0 Å². The van der Waals surface area contributed by atoms with Crippen molar-refractivity contribution in [2.45, 2.75) is 89.1 Å². The predicted octanol–water partition coefficient (Wildman–Crippen LogP) is 3.86. The van der Waals surface area contributed by atoms with Crippen molar-refractivity contribution in [1.29, 1.82) is 0 Å². The lowest BCUT2D eigenvalue weighted by Gasteiger charge is -2.33. The van der Waals surface area contributed by atoms with E-state index in [9.17, 15) is 0 Å². The minimum absolute atomic E-state index is 0.814. The summed E-state index contributed by atoms with van der Waals surface area (Å²) in [5, 5.41) is 7.73. The van der Waals surface area contributed by atoms with Crippen molar-refractivity contribution in [3.63, 3.8) is 0 Å². The predicted molar refractivity (Wildman–Crippen MR) is 86.0 cm³/mol. The molecule has 0 bridgehead atoms. The van der Waals surface area contributed by atoms with Gasteiger partial charge in [-0.05, 0) is 57.0 Å². The van der Waals surface area contributed by atoms with Crippen LogP contribution in [0.25, 0.3) is 0 Å². The van der Waals surface area contributed by atoms with Gasteiger partial charge in [-0.1, -0.05) is 44.9 Å². The van der Waals surface area contributed by atoms with E-state index < -0.39 is 0 Å². The highest BCUT2D eigenvalue weighted by molar-refractivity contribution is 4.92. The maximum absolute atomic E-state index is 3.94. The molecule has 116 valence electrons. The maximum Gasteiger partial charge on any atom is 0.0110 e. The van der Waals surface area contributed by atoms with Gasteiger partial charge in [0.1, 0.15) is 0 Å². The Balaban J connectivity index is 1.39. The molecule has 2 N–H and O–H groups in total. The molecule has 3 aliphatic rings. The molecule has 3 fully saturated rings. The van der Waals surface area contributed by atoms with Gasteiger partial charge in [-0.3, -0.25) is 0 Å². The summed E-state index contributed by atoms with van der Waals surface area (Å²) in [6, 6.07) is 1.63. The Morgan fingerprint density at radius 1 is 0.800 bits per heavy atom. The van der Waals surface area contributed by atoms with E-state index in [2.05, 4.69) is 10.6 Å². The van der Waals surface area contributed by atoms with Crippen LogP contribution in [0.3, 0.4) is 0 Å². The van der Waals surface area contributed by atoms with Crippen LogP contribution in [0.5, 0.6) is 0 Å². The fourth-order valence-electron chi connectivity index (χ4n) is 4.92. The average molecular weight is 278 g/mol. The van der Waals surface area contributed by atoms with Gasteiger partial charge >= 0.3 is 0 Å². The van der Waals surface area contributed by atoms with Crippen molar-refractivity contribution in [3.05, 3.63) is 0 Å². The molecule has 0 aromatic heterocycles. The van der Waals surface area contributed by atoms with Crippen LogP contribution in [-0.2, 0) is 0 Å². The Labute approximate surface area is 125 Å². The summed E-state index contributed by atoms with van der Waals surface area (Å²) >= 11 is 0. The molecule has 1 aliphatic heterocycles. The molecule has 0 radical (unpaired) electrons. The Hall–Kier alpha value is -0.0800. The van der Waals surface area contributed by atoms with Crippen molar-refractivity contribution in [3.8, 4) is 0 Å². The summed E-state index contributed by atoms with van der Waals surface area (Å²) in [6.45, 7) is 2.54. The van der Waals surface area contributed by atoms with Gasteiger partial charge < -0.3 is 10.6 Å². The monoisotopic (exact) mass is 278 g/mol. The van der Waals surface area contributed by atoms with Crippen LogP contribution in [0.1, 0.15) is 77.0 Å². The van der Waals surface area contributed by atoms with Crippen LogP contribution in [0, 0.1) is 11.8 Å². The first-order valence-corrected chi connectivity index (χ1v) is 9.40. The molecule has 0 aromatic carbocycles. The molecular formula is C18H34N2. The Kier molecular flexibility index (Phi) is 5.78. The third-order valence-corrected chi connectivity index (χ3v) is 6.12. The Morgan fingerprint density at radius 2 is 1.65 bits per heavy atom. The lowest BCUT2D eigenvalue weighted by molar-refractivity contribution is 0.250. The van der Waals surface area contributed by atoms with Crippen molar-refractivity contribution < 1.29 is 0 Å². The van der Waals surface area contributed by atoms with Crippen molar-refractivity contribution in [2.24, 2.45) is 11.8 Å². The van der Waals surface area contributed by atoms with E-state index in [0.717, 1.165) is 23.9 Å². The van der Waals surface area contributed by atoms with E-state index in [-0.39, 0.29) is 0 Å². The lowest BCUT2D eigenvalue weighted by atomic mass is 9.86. The fourth-order valence-corrected chi connectivity index (χ4v) is 4.92. The van der Waals surface area contributed by atoms with E-state index in [0.29, 0.717) is 0 Å². The number of nitrogens with one attached hydrogen (secondary N) is 2. The Morgan fingerprint density at radius 3 is 2.45 bits per heavy atom. The Bertz CT molecular complexity index is 267. The van der Waals surface area contributed by atoms with Crippen LogP contribution < -0.4 is 10.6 Å². The molecule has 0 aromatic rings. The molecule has 0 spiro atoms. The molecule has 20 heavy (non-hydrogen) atoms. The average Bonchev–Trinajstić information content (AvgIpc) is 2.98. The summed E-state index contributed by atoms with van der Waals surface area (Å²) < 4.78 is 0. The van der Waals surface area contributed by atoms with Crippen molar-refractivity contribution in [2.75, 3.05) is 13.1 Å². The summed E-state index contributed by atoms with van der Waals surface area (Å²) in [5.74, 6) is 1.95. The number of rotatable bonds is 5. The van der Waals surface area contributed by atoms with E-state index in [1.807, 2.05) is 0 Å². The van der Waals surface area contributed by atoms with E-state index in [1.165, 1.54) is 90.1 Å². The molecular weight excluding hydrogens is 244 g/mol. The molecule has 2 aliphatic carbocycles. The smallest absolute Gasteiger partial charge is 0.0110 e. The lowest BCUT2D eigenvalue weighted by Crippen LogP contribution is -2.47. The normalized spacial score (nSPS) is 36.3. The first-order valence-electron chi connectivity index (χ1n) is 9.40. The molecule has 1 heterocycles. The van der Waals surface area contributed by atoms with Crippen LogP contribution in [-0.4, -0.2) is 25.2 Å². The number of hydrogen-bond donors (Lipinski definition) is 2. The second kappa shape index (κ2) is 7.79. The molecule has 2 nitrogen and oxygen atoms in total. The summed E-state index contributed by atoms with van der Waals surface area (Å²) in [5.41, 5.74) is 0. The zero-order valence-electron chi connectivity index (χ0n) is 13.2. The number of piperidine rings is 1. The fraction of sp³-hybridized carbons (Fsp3) is 1.00. The van der Waals surface area contributed by atoms with Crippen LogP contribution in [0.2, 0.25) is 0 Å². The van der Waals surface area contributed by atoms with Gasteiger partial charge in [0, 0.05) is 12.1 Å². The summed E-state index contributed by atoms with van der Waals surface area (Å²) in [6.07, 6.45) is 17.5. The highest BCUT2D eigenvalue weighted by atomic mass is 15.0. The van der Waals surface area contributed by atoms with Gasteiger partial charge in [-0.25, -0.2) is 0 Å². The van der Waals surface area contributed by atoms with Gasteiger partial charge in [0.05, 0.1) is 0 Å². The van der Waals surface area contributed by atoms with Crippen LogP contribution in [0.15, 0.2) is 0 Å². The molecule has 3 unspecified atom stereocenters. The van der Waals surface area contributed by atoms with Crippen molar-refractivity contribution >= 4 is 0 Å². The molecule has 2 saturated carbocycles. The zero-order chi connectivity index (χ0) is 13.6. The number of hydrogen-bond acceptors (Lipinski definition) is 2. The minimum atomic E-state index is 0.814. The quantitative estimate of drug-likeness (QED) is 0.798. The molecule has 3 rings (SSSR count). The molecule has 3 atom stereocenters.